The fourth-order valence-electron chi connectivity index (χ4n) is 2.73. The lowest BCUT2D eigenvalue weighted by Gasteiger charge is -2.46. The van der Waals surface area contributed by atoms with Gasteiger partial charge >= 0.3 is 5.97 Å². The SMILES string of the molecule is COC(=O)C1(O)CC(O[Si](C)(C)C(C)(C)C)C(=O)C(O[Si](C)(C)C(C)(C)C)C1. The van der Waals surface area contributed by atoms with Gasteiger partial charge in [-0.3, -0.25) is 4.79 Å². The van der Waals surface area contributed by atoms with Crippen molar-refractivity contribution in [2.45, 2.75) is 108 Å². The number of ether oxygens (including phenoxy) is 1. The van der Waals surface area contributed by atoms with Gasteiger partial charge in [0.2, 0.25) is 0 Å². The third-order valence-corrected chi connectivity index (χ3v) is 15.7. The predicted molar refractivity (Wildman–Crippen MR) is 115 cm³/mol. The van der Waals surface area contributed by atoms with Crippen molar-refractivity contribution in [1.82, 2.24) is 0 Å². The fraction of sp³-hybridized carbons (Fsp3) is 0.900. The number of esters is 1. The van der Waals surface area contributed by atoms with Gasteiger partial charge in [0, 0.05) is 12.8 Å². The van der Waals surface area contributed by atoms with E-state index < -0.39 is 40.4 Å². The summed E-state index contributed by atoms with van der Waals surface area (Å²) in [5, 5.41) is 10.8. The van der Waals surface area contributed by atoms with Gasteiger partial charge in [-0.2, -0.15) is 0 Å². The third kappa shape index (κ3) is 5.33. The van der Waals surface area contributed by atoms with E-state index in [0.717, 1.165) is 0 Å². The van der Waals surface area contributed by atoms with Crippen LogP contribution in [-0.2, 0) is 23.2 Å². The van der Waals surface area contributed by atoms with Gasteiger partial charge < -0.3 is 18.7 Å². The first kappa shape index (κ1) is 25.5. The zero-order chi connectivity index (χ0) is 22.3. The van der Waals surface area contributed by atoms with Crippen molar-refractivity contribution in [2.75, 3.05) is 7.11 Å². The first-order chi connectivity index (χ1) is 12.3. The number of rotatable bonds is 5. The molecule has 164 valence electrons. The number of carbonyl (C=O) groups excluding carboxylic acids is 2. The highest BCUT2D eigenvalue weighted by Gasteiger charge is 2.55. The highest BCUT2D eigenvalue weighted by molar-refractivity contribution is 6.74. The number of Topliss-reactive ketones (excluding diaryl/α,β-unsaturated/α-hetero) is 1. The molecule has 1 rings (SSSR count). The Morgan fingerprint density at radius 2 is 1.25 bits per heavy atom. The Morgan fingerprint density at radius 1 is 0.929 bits per heavy atom. The standard InChI is InChI=1S/C20H40O6Si2/c1-18(2,3)27(8,9)25-14-12-20(23,17(22)24-7)13-15(16(14)21)26-28(10,11)19(4,5)6/h14-15,23H,12-13H2,1-11H3. The van der Waals surface area contributed by atoms with E-state index in [-0.39, 0.29) is 28.7 Å². The lowest BCUT2D eigenvalue weighted by atomic mass is 9.80. The van der Waals surface area contributed by atoms with Crippen LogP contribution in [0.5, 0.6) is 0 Å². The maximum Gasteiger partial charge on any atom is 0.338 e. The summed E-state index contributed by atoms with van der Waals surface area (Å²) < 4.78 is 17.5. The van der Waals surface area contributed by atoms with Crippen LogP contribution in [-0.4, -0.2) is 58.4 Å². The quantitative estimate of drug-likeness (QED) is 0.522. The summed E-state index contributed by atoms with van der Waals surface area (Å²) >= 11 is 0. The molecule has 0 radical (unpaired) electrons. The minimum Gasteiger partial charge on any atom is -0.467 e. The Kier molecular flexibility index (Phi) is 7.23. The highest BCUT2D eigenvalue weighted by atomic mass is 28.4. The Labute approximate surface area is 172 Å². The molecule has 0 bridgehead atoms. The average molecular weight is 433 g/mol. The fourth-order valence-corrected chi connectivity index (χ4v) is 5.25. The van der Waals surface area contributed by atoms with E-state index in [2.05, 4.69) is 67.7 Å². The third-order valence-electron chi connectivity index (χ3n) is 6.73. The summed E-state index contributed by atoms with van der Waals surface area (Å²) in [6.07, 6.45) is -1.95. The van der Waals surface area contributed by atoms with E-state index in [0.29, 0.717) is 0 Å². The number of carbonyl (C=O) groups is 2. The Morgan fingerprint density at radius 3 is 1.50 bits per heavy atom. The molecular formula is C20H40O6Si2. The molecule has 0 heterocycles. The van der Waals surface area contributed by atoms with E-state index in [1.165, 1.54) is 7.11 Å². The molecular weight excluding hydrogens is 392 g/mol. The molecule has 0 aromatic heterocycles. The summed E-state index contributed by atoms with van der Waals surface area (Å²) in [4.78, 5) is 25.6. The highest BCUT2D eigenvalue weighted by Crippen LogP contribution is 2.43. The van der Waals surface area contributed by atoms with Crippen LogP contribution < -0.4 is 0 Å². The molecule has 2 atom stereocenters. The molecule has 0 amide bonds. The van der Waals surface area contributed by atoms with Crippen LogP contribution in [0.3, 0.4) is 0 Å². The lowest BCUT2D eigenvalue weighted by molar-refractivity contribution is -0.177. The zero-order valence-electron chi connectivity index (χ0n) is 19.6. The zero-order valence-corrected chi connectivity index (χ0v) is 21.6. The van der Waals surface area contributed by atoms with Crippen molar-refractivity contribution in [3.63, 3.8) is 0 Å². The van der Waals surface area contributed by atoms with E-state index in [9.17, 15) is 14.7 Å². The normalized spacial score (nSPS) is 27.6. The number of hydrogen-bond donors (Lipinski definition) is 1. The second-order valence-electron chi connectivity index (χ2n) is 11.1. The van der Waals surface area contributed by atoms with Gasteiger partial charge in [0.25, 0.3) is 0 Å². The number of ketones is 1. The molecule has 1 aliphatic rings. The molecule has 0 spiro atoms. The Hall–Kier alpha value is -0.546. The molecule has 0 saturated heterocycles. The summed E-state index contributed by atoms with van der Waals surface area (Å²) in [6, 6.07) is 0. The van der Waals surface area contributed by atoms with Crippen LogP contribution in [0.15, 0.2) is 0 Å². The maximum absolute atomic E-state index is 13.3. The summed E-state index contributed by atoms with van der Waals surface area (Å²) in [5.74, 6) is -0.920. The molecule has 28 heavy (non-hydrogen) atoms. The monoisotopic (exact) mass is 432 g/mol. The van der Waals surface area contributed by atoms with Crippen molar-refractivity contribution in [3.05, 3.63) is 0 Å². The molecule has 0 aromatic rings. The van der Waals surface area contributed by atoms with E-state index >= 15 is 0 Å². The molecule has 8 heteroatoms. The minimum absolute atomic E-state index is 0.0949. The molecule has 0 aliphatic heterocycles. The number of aliphatic hydroxyl groups is 1. The van der Waals surface area contributed by atoms with Crippen LogP contribution >= 0.6 is 0 Å². The van der Waals surface area contributed by atoms with Crippen molar-refractivity contribution in [3.8, 4) is 0 Å². The first-order valence-electron chi connectivity index (χ1n) is 9.97. The second-order valence-corrected chi connectivity index (χ2v) is 20.6. The molecule has 6 nitrogen and oxygen atoms in total. The van der Waals surface area contributed by atoms with Crippen LogP contribution in [0, 0.1) is 0 Å². The van der Waals surface area contributed by atoms with E-state index in [1.807, 2.05) is 0 Å². The van der Waals surface area contributed by atoms with Gasteiger partial charge in [-0.05, 0) is 36.3 Å². The molecule has 1 N–H and O–H groups in total. The maximum atomic E-state index is 13.3. The largest absolute Gasteiger partial charge is 0.467 e. The smallest absolute Gasteiger partial charge is 0.338 e. The van der Waals surface area contributed by atoms with Crippen LogP contribution in [0.2, 0.25) is 36.3 Å². The van der Waals surface area contributed by atoms with Gasteiger partial charge in [0.15, 0.2) is 28.0 Å². The Bertz CT molecular complexity index is 561. The van der Waals surface area contributed by atoms with Crippen molar-refractivity contribution in [1.29, 1.82) is 0 Å². The van der Waals surface area contributed by atoms with E-state index in [1.54, 1.807) is 0 Å². The Balaban J connectivity index is 3.27. The second kappa shape index (κ2) is 7.94. The van der Waals surface area contributed by atoms with Gasteiger partial charge in [0.1, 0.15) is 12.2 Å². The predicted octanol–water partition coefficient (Wildman–Crippen LogP) is 4.03. The van der Waals surface area contributed by atoms with Gasteiger partial charge in [-0.1, -0.05) is 41.5 Å². The van der Waals surface area contributed by atoms with Crippen molar-refractivity contribution < 1.29 is 28.3 Å². The number of hydrogen-bond acceptors (Lipinski definition) is 6. The molecule has 1 fully saturated rings. The molecule has 1 aliphatic carbocycles. The summed E-state index contributed by atoms with van der Waals surface area (Å²) in [5.41, 5.74) is -1.79. The average Bonchev–Trinajstić information content (AvgIpc) is 2.48. The first-order valence-corrected chi connectivity index (χ1v) is 15.8. The van der Waals surface area contributed by atoms with Crippen molar-refractivity contribution in [2.24, 2.45) is 0 Å². The minimum atomic E-state index is -2.29. The van der Waals surface area contributed by atoms with Gasteiger partial charge in [0.05, 0.1) is 7.11 Å². The molecule has 2 unspecified atom stereocenters. The van der Waals surface area contributed by atoms with Crippen LogP contribution in [0.4, 0.5) is 0 Å². The van der Waals surface area contributed by atoms with Crippen LogP contribution in [0.1, 0.15) is 54.4 Å². The lowest BCUT2D eigenvalue weighted by Crippen LogP contribution is -2.60. The topological polar surface area (TPSA) is 82.1 Å². The molecule has 0 aromatic carbocycles. The van der Waals surface area contributed by atoms with Gasteiger partial charge in [-0.15, -0.1) is 0 Å². The van der Waals surface area contributed by atoms with Crippen LogP contribution in [0.25, 0.3) is 0 Å². The summed E-state index contributed by atoms with van der Waals surface area (Å²) in [6.45, 7) is 20.7. The van der Waals surface area contributed by atoms with Crippen molar-refractivity contribution >= 4 is 28.4 Å². The van der Waals surface area contributed by atoms with E-state index in [4.69, 9.17) is 13.6 Å². The molecule has 1 saturated carbocycles. The van der Waals surface area contributed by atoms with Gasteiger partial charge in [-0.25, -0.2) is 4.79 Å². The summed E-state index contributed by atoms with van der Waals surface area (Å²) in [7, 11) is -3.35. The number of methoxy groups -OCH3 is 1.